The van der Waals surface area contributed by atoms with Crippen LogP contribution in [-0.4, -0.2) is 35.5 Å². The summed E-state index contributed by atoms with van der Waals surface area (Å²) in [6, 6.07) is 0. The quantitative estimate of drug-likeness (QED) is 0.232. The number of hydrogen-bond acceptors (Lipinski definition) is 3. The van der Waals surface area contributed by atoms with Gasteiger partial charge in [-0.3, -0.25) is 0 Å². The lowest BCUT2D eigenvalue weighted by Crippen LogP contribution is -2.27. The van der Waals surface area contributed by atoms with Gasteiger partial charge in [0.25, 0.3) is 0 Å². The smallest absolute Gasteiger partial charge is 0.335 e. The van der Waals surface area contributed by atoms with Gasteiger partial charge in [0.05, 0.1) is 13.2 Å². The molecule has 0 fully saturated rings. The van der Waals surface area contributed by atoms with Crippen molar-refractivity contribution in [2.75, 3.05) is 13.2 Å². The van der Waals surface area contributed by atoms with Crippen LogP contribution in [0.5, 0.6) is 0 Å². The van der Waals surface area contributed by atoms with E-state index < -0.39 is 18.7 Å². The molecule has 0 aliphatic rings. The number of hydrogen-bond donors (Lipinski definition) is 2. The maximum atomic E-state index is 10.8. The van der Waals surface area contributed by atoms with Gasteiger partial charge in [-0.25, -0.2) is 4.79 Å². The molecule has 0 aromatic carbocycles. The zero-order valence-corrected chi connectivity index (χ0v) is 21.2. The Hall–Kier alpha value is -1.91. The van der Waals surface area contributed by atoms with E-state index in [1.807, 2.05) is 13.0 Å². The minimum atomic E-state index is -1.16. The number of carbonyl (C=O) groups is 1. The lowest BCUT2D eigenvalue weighted by molar-refractivity contribution is -0.152. The Morgan fingerprint density at radius 2 is 1.62 bits per heavy atom. The molecule has 4 nitrogen and oxygen atoms in total. The molecule has 1 atom stereocenters. The van der Waals surface area contributed by atoms with Gasteiger partial charge in [0.15, 0.2) is 6.10 Å². The molecule has 0 saturated carbocycles. The van der Waals surface area contributed by atoms with Crippen LogP contribution in [0.25, 0.3) is 0 Å². The predicted molar refractivity (Wildman–Crippen MR) is 136 cm³/mol. The van der Waals surface area contributed by atoms with Crippen molar-refractivity contribution in [3.63, 3.8) is 0 Å². The highest BCUT2D eigenvalue weighted by molar-refractivity contribution is 5.72. The van der Waals surface area contributed by atoms with Gasteiger partial charge in [-0.05, 0) is 78.1 Å². The van der Waals surface area contributed by atoms with Crippen LogP contribution in [0.15, 0.2) is 59.3 Å². The Morgan fingerprint density at radius 1 is 1.00 bits per heavy atom. The van der Waals surface area contributed by atoms with Crippen LogP contribution in [0.2, 0.25) is 0 Å². The highest BCUT2D eigenvalue weighted by atomic mass is 16.5. The Labute approximate surface area is 196 Å². The fourth-order valence-corrected chi connectivity index (χ4v) is 3.02. The van der Waals surface area contributed by atoms with E-state index in [0.717, 1.165) is 50.5 Å². The molecule has 0 saturated heterocycles. The molecular formula is C28H46O4. The Morgan fingerprint density at radius 3 is 2.22 bits per heavy atom. The van der Waals surface area contributed by atoms with E-state index in [4.69, 9.17) is 14.9 Å². The maximum Gasteiger partial charge on any atom is 0.335 e. The van der Waals surface area contributed by atoms with Gasteiger partial charge in [0, 0.05) is 0 Å². The number of allylic oxidation sites excluding steroid dienone is 8. The highest BCUT2D eigenvalue weighted by Gasteiger charge is 2.15. The van der Waals surface area contributed by atoms with Crippen molar-refractivity contribution < 1.29 is 19.7 Å². The summed E-state index contributed by atoms with van der Waals surface area (Å²) < 4.78 is 5.14. The van der Waals surface area contributed by atoms with Gasteiger partial charge in [-0.15, -0.1) is 0 Å². The first-order valence-electron chi connectivity index (χ1n) is 11.7. The highest BCUT2D eigenvalue weighted by Crippen LogP contribution is 2.27. The molecule has 0 bridgehead atoms. The minimum absolute atomic E-state index is 0.127. The van der Waals surface area contributed by atoms with Crippen LogP contribution >= 0.6 is 0 Å². The van der Waals surface area contributed by atoms with E-state index in [2.05, 4.69) is 65.5 Å². The summed E-state index contributed by atoms with van der Waals surface area (Å²) in [5.41, 5.74) is 5.38. The zero-order valence-electron chi connectivity index (χ0n) is 21.2. The van der Waals surface area contributed by atoms with Crippen LogP contribution in [0.1, 0.15) is 86.5 Å². The second-order valence-electron chi connectivity index (χ2n) is 9.65. The molecule has 0 aromatic rings. The van der Waals surface area contributed by atoms with Crippen LogP contribution in [0, 0.1) is 5.41 Å². The number of rotatable bonds is 17. The second-order valence-corrected chi connectivity index (χ2v) is 9.65. The van der Waals surface area contributed by atoms with Crippen molar-refractivity contribution in [2.45, 2.75) is 92.6 Å². The zero-order chi connectivity index (χ0) is 24.6. The molecule has 2 N–H and O–H groups in total. The van der Waals surface area contributed by atoms with E-state index in [1.165, 1.54) is 16.7 Å². The van der Waals surface area contributed by atoms with Crippen molar-refractivity contribution >= 4 is 5.97 Å². The summed E-state index contributed by atoms with van der Waals surface area (Å²) in [6.45, 7) is 17.0. The number of ether oxygens (including phenoxy) is 1. The van der Waals surface area contributed by atoms with Gasteiger partial charge < -0.3 is 14.9 Å². The fourth-order valence-electron chi connectivity index (χ4n) is 3.02. The van der Waals surface area contributed by atoms with E-state index in [9.17, 15) is 4.79 Å². The standard InChI is InChI=1S/C28H46O4/c1-22(2)11-10-13-23(3)14-15-25(5)16-19-28(6,7)18-9-8-12-24(4)17-20-32-26(21-29)27(30)31/h9,11,14,17-18,26,29H,5,8,10,12-13,15-16,19-21H2,1-4,6-7H3,(H,30,31)/t26-/m1/s1. The molecule has 32 heavy (non-hydrogen) atoms. The van der Waals surface area contributed by atoms with Gasteiger partial charge in [0.2, 0.25) is 0 Å². The summed E-state index contributed by atoms with van der Waals surface area (Å²) in [6.07, 6.45) is 17.0. The van der Waals surface area contributed by atoms with Crippen molar-refractivity contribution in [1.29, 1.82) is 0 Å². The summed E-state index contributed by atoms with van der Waals surface area (Å²) >= 11 is 0. The molecule has 0 radical (unpaired) electrons. The van der Waals surface area contributed by atoms with Crippen molar-refractivity contribution in [1.82, 2.24) is 0 Å². The number of aliphatic hydroxyl groups excluding tert-OH is 1. The van der Waals surface area contributed by atoms with Crippen molar-refractivity contribution in [3.8, 4) is 0 Å². The number of aliphatic carboxylic acids is 1. The largest absolute Gasteiger partial charge is 0.479 e. The molecule has 0 spiro atoms. The summed E-state index contributed by atoms with van der Waals surface area (Å²) in [5, 5.41) is 17.8. The van der Waals surface area contributed by atoms with Crippen molar-refractivity contribution in [2.24, 2.45) is 5.41 Å². The summed E-state index contributed by atoms with van der Waals surface area (Å²) in [5.74, 6) is -1.14. The molecular weight excluding hydrogens is 400 g/mol. The normalized spacial score (nSPS) is 14.0. The molecule has 0 rings (SSSR count). The number of carboxylic acid groups (broad SMARTS) is 1. The first kappa shape index (κ1) is 30.1. The van der Waals surface area contributed by atoms with Crippen molar-refractivity contribution in [3.05, 3.63) is 59.3 Å². The molecule has 0 aromatic heterocycles. The molecule has 0 heterocycles. The molecule has 4 heteroatoms. The molecule has 0 aliphatic heterocycles. The lowest BCUT2D eigenvalue weighted by atomic mass is 9.85. The molecule has 182 valence electrons. The topological polar surface area (TPSA) is 66.8 Å². The molecule has 0 amide bonds. The van der Waals surface area contributed by atoms with E-state index in [-0.39, 0.29) is 12.0 Å². The molecule has 0 unspecified atom stereocenters. The SMILES string of the molecule is C=C(CC=C(C)CCC=C(C)C)CCC(C)(C)C=CCCC(C)=CCO[C@H](CO)C(=O)O. The Balaban J connectivity index is 4.26. The second kappa shape index (κ2) is 16.7. The van der Waals surface area contributed by atoms with Gasteiger partial charge >= 0.3 is 5.97 Å². The first-order valence-corrected chi connectivity index (χ1v) is 11.7. The maximum absolute atomic E-state index is 10.8. The third-order valence-electron chi connectivity index (χ3n) is 5.40. The first-order chi connectivity index (χ1) is 15.0. The van der Waals surface area contributed by atoms with Gasteiger partial charge in [-0.2, -0.15) is 0 Å². The average Bonchev–Trinajstić information content (AvgIpc) is 2.71. The van der Waals surface area contributed by atoms with E-state index in [0.29, 0.717) is 0 Å². The Bertz CT molecular complexity index is 688. The van der Waals surface area contributed by atoms with Crippen LogP contribution in [0.3, 0.4) is 0 Å². The number of carboxylic acids is 1. The number of aliphatic hydroxyl groups is 1. The predicted octanol–water partition coefficient (Wildman–Crippen LogP) is 7.18. The van der Waals surface area contributed by atoms with Crippen LogP contribution in [0.4, 0.5) is 0 Å². The molecule has 0 aliphatic carbocycles. The summed E-state index contributed by atoms with van der Waals surface area (Å²) in [7, 11) is 0. The average molecular weight is 447 g/mol. The Kier molecular flexibility index (Phi) is 15.7. The van der Waals surface area contributed by atoms with E-state index >= 15 is 0 Å². The minimum Gasteiger partial charge on any atom is -0.479 e. The third-order valence-corrected chi connectivity index (χ3v) is 5.40. The summed E-state index contributed by atoms with van der Waals surface area (Å²) in [4.78, 5) is 10.8. The van der Waals surface area contributed by atoms with Crippen LogP contribution in [-0.2, 0) is 9.53 Å². The van der Waals surface area contributed by atoms with E-state index in [1.54, 1.807) is 0 Å². The fraction of sp³-hybridized carbons (Fsp3) is 0.607. The van der Waals surface area contributed by atoms with Crippen LogP contribution < -0.4 is 0 Å². The van der Waals surface area contributed by atoms with Gasteiger partial charge in [0.1, 0.15) is 0 Å². The third kappa shape index (κ3) is 16.7. The monoisotopic (exact) mass is 446 g/mol. The van der Waals surface area contributed by atoms with Gasteiger partial charge in [-0.1, -0.05) is 73.1 Å². The lowest BCUT2D eigenvalue weighted by Gasteiger charge is -2.20.